The summed E-state index contributed by atoms with van der Waals surface area (Å²) >= 11 is 3.29. The Bertz CT molecular complexity index is 542. The summed E-state index contributed by atoms with van der Waals surface area (Å²) in [4.78, 5) is 10.3. The van der Waals surface area contributed by atoms with Gasteiger partial charge in [-0.2, -0.15) is 0 Å². The number of halogens is 1. The summed E-state index contributed by atoms with van der Waals surface area (Å²) in [6.45, 7) is 1.79. The zero-order valence-electron chi connectivity index (χ0n) is 9.81. The quantitative estimate of drug-likeness (QED) is 0.835. The molecule has 0 saturated carbocycles. The van der Waals surface area contributed by atoms with Crippen LogP contribution in [-0.4, -0.2) is 25.2 Å². The smallest absolute Gasteiger partial charge is 0.303 e. The zero-order valence-corrected chi connectivity index (χ0v) is 12.2. The predicted molar refractivity (Wildman–Crippen MR) is 73.2 cm³/mol. The van der Waals surface area contributed by atoms with E-state index >= 15 is 0 Å². The van der Waals surface area contributed by atoms with Gasteiger partial charge in [0, 0.05) is 10.9 Å². The molecule has 18 heavy (non-hydrogen) atoms. The van der Waals surface area contributed by atoms with Crippen LogP contribution in [0, 0.1) is 6.92 Å². The van der Waals surface area contributed by atoms with E-state index in [1.807, 2.05) is 0 Å². The SMILES string of the molecule is Cc1cc(Br)ccc1NS(=O)(=O)CCCC(=O)O. The molecule has 0 atom stereocenters. The van der Waals surface area contributed by atoms with Crippen molar-refractivity contribution in [1.82, 2.24) is 0 Å². The van der Waals surface area contributed by atoms with Gasteiger partial charge in [0.15, 0.2) is 0 Å². The Morgan fingerprint density at radius 1 is 1.44 bits per heavy atom. The van der Waals surface area contributed by atoms with Gasteiger partial charge in [-0.05, 0) is 37.1 Å². The van der Waals surface area contributed by atoms with E-state index in [9.17, 15) is 13.2 Å². The van der Waals surface area contributed by atoms with Crippen LogP contribution in [-0.2, 0) is 14.8 Å². The minimum atomic E-state index is -3.49. The highest BCUT2D eigenvalue weighted by molar-refractivity contribution is 9.10. The fourth-order valence-corrected chi connectivity index (χ4v) is 3.04. The summed E-state index contributed by atoms with van der Waals surface area (Å²) in [5, 5.41) is 8.45. The minimum absolute atomic E-state index is 0.0975. The fraction of sp³-hybridized carbons (Fsp3) is 0.364. The number of nitrogens with one attached hydrogen (secondary N) is 1. The van der Waals surface area contributed by atoms with Crippen LogP contribution in [0.3, 0.4) is 0 Å². The molecule has 0 fully saturated rings. The second kappa shape index (κ2) is 6.19. The van der Waals surface area contributed by atoms with Gasteiger partial charge in [0.2, 0.25) is 10.0 Å². The van der Waals surface area contributed by atoms with Crippen molar-refractivity contribution < 1.29 is 18.3 Å². The molecule has 0 spiro atoms. The molecule has 0 amide bonds. The van der Waals surface area contributed by atoms with E-state index in [0.717, 1.165) is 10.0 Å². The number of hydrogen-bond donors (Lipinski definition) is 2. The molecule has 0 aromatic heterocycles. The maximum absolute atomic E-state index is 11.7. The van der Waals surface area contributed by atoms with Gasteiger partial charge in [0.25, 0.3) is 0 Å². The molecule has 0 aliphatic heterocycles. The van der Waals surface area contributed by atoms with E-state index in [1.54, 1.807) is 25.1 Å². The second-order valence-corrected chi connectivity index (χ2v) is 6.64. The lowest BCUT2D eigenvalue weighted by Crippen LogP contribution is -2.18. The first-order chi connectivity index (χ1) is 8.30. The van der Waals surface area contributed by atoms with E-state index in [0.29, 0.717) is 5.69 Å². The van der Waals surface area contributed by atoms with E-state index in [4.69, 9.17) is 5.11 Å². The molecule has 1 aromatic carbocycles. The first kappa shape index (κ1) is 15.0. The summed E-state index contributed by atoms with van der Waals surface area (Å²) in [5.41, 5.74) is 1.31. The van der Waals surface area contributed by atoms with Gasteiger partial charge in [-0.25, -0.2) is 8.42 Å². The number of sulfonamides is 1. The number of carboxylic acids is 1. The molecule has 0 radical (unpaired) electrons. The van der Waals surface area contributed by atoms with Gasteiger partial charge in [0.1, 0.15) is 0 Å². The van der Waals surface area contributed by atoms with Crippen LogP contribution in [0.1, 0.15) is 18.4 Å². The molecule has 7 heteroatoms. The van der Waals surface area contributed by atoms with Crippen molar-refractivity contribution in [2.24, 2.45) is 0 Å². The Kier molecular flexibility index (Phi) is 5.15. The first-order valence-electron chi connectivity index (χ1n) is 5.28. The Morgan fingerprint density at radius 2 is 2.11 bits per heavy atom. The number of carbonyl (C=O) groups is 1. The molecular formula is C11H14BrNO4S. The van der Waals surface area contributed by atoms with Crippen molar-refractivity contribution >= 4 is 37.6 Å². The van der Waals surface area contributed by atoms with Crippen molar-refractivity contribution in [2.45, 2.75) is 19.8 Å². The van der Waals surface area contributed by atoms with Crippen molar-refractivity contribution in [3.8, 4) is 0 Å². The van der Waals surface area contributed by atoms with Crippen molar-refractivity contribution in [1.29, 1.82) is 0 Å². The van der Waals surface area contributed by atoms with Crippen LogP contribution in [0.5, 0.6) is 0 Å². The monoisotopic (exact) mass is 335 g/mol. The number of benzene rings is 1. The van der Waals surface area contributed by atoms with Gasteiger partial charge in [-0.1, -0.05) is 15.9 Å². The van der Waals surface area contributed by atoms with Crippen LogP contribution >= 0.6 is 15.9 Å². The highest BCUT2D eigenvalue weighted by Gasteiger charge is 2.12. The third-order valence-corrected chi connectivity index (χ3v) is 4.11. The zero-order chi connectivity index (χ0) is 13.8. The lowest BCUT2D eigenvalue weighted by molar-refractivity contribution is -0.137. The highest BCUT2D eigenvalue weighted by atomic mass is 79.9. The molecule has 1 rings (SSSR count). The van der Waals surface area contributed by atoms with Crippen LogP contribution in [0.4, 0.5) is 5.69 Å². The second-order valence-electron chi connectivity index (χ2n) is 3.88. The summed E-state index contributed by atoms with van der Waals surface area (Å²) in [6, 6.07) is 5.20. The molecular weight excluding hydrogens is 322 g/mol. The Morgan fingerprint density at radius 3 is 2.67 bits per heavy atom. The van der Waals surface area contributed by atoms with Crippen molar-refractivity contribution in [3.05, 3.63) is 28.2 Å². The first-order valence-corrected chi connectivity index (χ1v) is 7.73. The number of aryl methyl sites for hydroxylation is 1. The van der Waals surface area contributed by atoms with Gasteiger partial charge in [-0.3, -0.25) is 9.52 Å². The van der Waals surface area contributed by atoms with Gasteiger partial charge >= 0.3 is 5.97 Å². The Labute approximate surface area is 114 Å². The van der Waals surface area contributed by atoms with Gasteiger partial charge < -0.3 is 5.11 Å². The molecule has 0 bridgehead atoms. The third kappa shape index (κ3) is 5.05. The normalized spacial score (nSPS) is 11.2. The molecule has 0 heterocycles. The van der Waals surface area contributed by atoms with Gasteiger partial charge in [-0.15, -0.1) is 0 Å². The number of rotatable bonds is 6. The standard InChI is InChI=1S/C11H14BrNO4S/c1-8-7-9(12)4-5-10(8)13-18(16,17)6-2-3-11(14)15/h4-5,7,13H,2-3,6H2,1H3,(H,14,15). The van der Waals surface area contributed by atoms with Crippen LogP contribution in [0.15, 0.2) is 22.7 Å². The lowest BCUT2D eigenvalue weighted by Gasteiger charge is -2.10. The predicted octanol–water partition coefficient (Wildman–Crippen LogP) is 2.36. The minimum Gasteiger partial charge on any atom is -0.481 e. The number of aliphatic carboxylic acids is 1. The maximum atomic E-state index is 11.7. The fourth-order valence-electron chi connectivity index (χ4n) is 1.37. The third-order valence-electron chi connectivity index (χ3n) is 2.26. The summed E-state index contributed by atoms with van der Waals surface area (Å²) in [7, 11) is -3.49. The average Bonchev–Trinajstić information content (AvgIpc) is 2.21. The molecule has 0 unspecified atom stereocenters. The summed E-state index contributed by atoms with van der Waals surface area (Å²) in [5.74, 6) is -1.19. The molecule has 0 saturated heterocycles. The van der Waals surface area contributed by atoms with Crippen LogP contribution in [0.2, 0.25) is 0 Å². The number of carboxylic acid groups (broad SMARTS) is 1. The van der Waals surface area contributed by atoms with Crippen molar-refractivity contribution in [3.63, 3.8) is 0 Å². The molecule has 100 valence electrons. The number of hydrogen-bond acceptors (Lipinski definition) is 3. The molecule has 0 aliphatic rings. The Balaban J connectivity index is 2.67. The molecule has 2 N–H and O–H groups in total. The van der Waals surface area contributed by atoms with Gasteiger partial charge in [0.05, 0.1) is 11.4 Å². The van der Waals surface area contributed by atoms with E-state index in [1.165, 1.54) is 0 Å². The van der Waals surface area contributed by atoms with E-state index in [2.05, 4.69) is 20.7 Å². The lowest BCUT2D eigenvalue weighted by atomic mass is 10.2. The number of anilines is 1. The maximum Gasteiger partial charge on any atom is 0.303 e. The average molecular weight is 336 g/mol. The van der Waals surface area contributed by atoms with Crippen molar-refractivity contribution in [2.75, 3.05) is 10.5 Å². The summed E-state index contributed by atoms with van der Waals surface area (Å²) in [6.07, 6.45) is -0.0551. The van der Waals surface area contributed by atoms with E-state index in [-0.39, 0.29) is 18.6 Å². The van der Waals surface area contributed by atoms with Crippen LogP contribution in [0.25, 0.3) is 0 Å². The highest BCUT2D eigenvalue weighted by Crippen LogP contribution is 2.21. The van der Waals surface area contributed by atoms with E-state index < -0.39 is 16.0 Å². The topological polar surface area (TPSA) is 83.5 Å². The molecule has 1 aromatic rings. The van der Waals surface area contributed by atoms with Crippen LogP contribution < -0.4 is 4.72 Å². The molecule has 0 aliphatic carbocycles. The summed E-state index contributed by atoms with van der Waals surface area (Å²) < 4.78 is 26.7. The molecule has 5 nitrogen and oxygen atoms in total. The largest absolute Gasteiger partial charge is 0.481 e. The Hall–Kier alpha value is -1.08.